The molecule has 0 N–H and O–H groups in total. The Morgan fingerprint density at radius 1 is 0.963 bits per heavy atom. The van der Waals surface area contributed by atoms with E-state index >= 15 is 0 Å². The monoisotopic (exact) mass is 416 g/mol. The Hall–Kier alpha value is -0.390. The van der Waals surface area contributed by atoms with E-state index in [1.54, 1.807) is 6.92 Å². The minimum Gasteiger partial charge on any atom is -0.439 e. The van der Waals surface area contributed by atoms with Crippen molar-refractivity contribution in [1.29, 1.82) is 0 Å². The van der Waals surface area contributed by atoms with E-state index in [1.165, 1.54) is 7.11 Å². The Balaban J connectivity index is 5.62. The van der Waals surface area contributed by atoms with E-state index in [9.17, 15) is 18.0 Å². The van der Waals surface area contributed by atoms with Crippen LogP contribution in [-0.2, 0) is 18.8 Å². The first-order chi connectivity index (χ1) is 12.7. The highest BCUT2D eigenvalue weighted by atomic mass is 31.1. The zero-order valence-corrected chi connectivity index (χ0v) is 18.3. The van der Waals surface area contributed by atoms with Crippen LogP contribution in [0.25, 0.3) is 0 Å². The summed E-state index contributed by atoms with van der Waals surface area (Å²) >= 11 is 0. The van der Waals surface area contributed by atoms with Gasteiger partial charge >= 0.3 is 12.1 Å². The number of hydrogen-bond acceptors (Lipinski definition) is 4. The lowest BCUT2D eigenvalue weighted by atomic mass is 9.74. The van der Waals surface area contributed by atoms with Gasteiger partial charge in [0.1, 0.15) is 14.7 Å². The van der Waals surface area contributed by atoms with Crippen molar-refractivity contribution in [2.24, 2.45) is 5.41 Å². The number of methoxy groups -OCH3 is 1. The number of alkyl halides is 3. The van der Waals surface area contributed by atoms with E-state index < -0.39 is 33.1 Å². The highest BCUT2D eigenvalue weighted by Crippen LogP contribution is 2.49. The van der Waals surface area contributed by atoms with Crippen LogP contribution in [0.4, 0.5) is 13.2 Å². The van der Waals surface area contributed by atoms with Crippen LogP contribution in [0.2, 0.25) is 0 Å². The summed E-state index contributed by atoms with van der Waals surface area (Å²) in [5.74, 6) is -2.77. The first kappa shape index (κ1) is 26.6. The molecular formula is C19H36F3O4P. The van der Waals surface area contributed by atoms with Crippen molar-refractivity contribution in [1.82, 2.24) is 0 Å². The van der Waals surface area contributed by atoms with Crippen molar-refractivity contribution in [3.63, 3.8) is 0 Å². The number of ether oxygens (including phenoxy) is 2. The van der Waals surface area contributed by atoms with Crippen molar-refractivity contribution in [2.45, 2.75) is 104 Å². The minimum absolute atomic E-state index is 0.320. The molecule has 0 spiro atoms. The lowest BCUT2D eigenvalue weighted by Crippen LogP contribution is -2.38. The number of hydrogen-bond donors (Lipinski definition) is 0. The molecule has 0 amide bonds. The van der Waals surface area contributed by atoms with Crippen LogP contribution in [0.5, 0.6) is 0 Å². The first-order valence-electron chi connectivity index (χ1n) is 9.88. The smallest absolute Gasteiger partial charge is 0.439 e. The molecule has 0 heterocycles. The second kappa shape index (κ2) is 13.7. The van der Waals surface area contributed by atoms with Gasteiger partial charge in [0.25, 0.3) is 0 Å². The molecule has 8 heteroatoms. The zero-order chi connectivity index (χ0) is 20.9. The fraction of sp³-hybridized carbons (Fsp3) is 0.947. The van der Waals surface area contributed by atoms with Crippen LogP contribution in [0.15, 0.2) is 0 Å². The van der Waals surface area contributed by atoms with Crippen molar-refractivity contribution >= 4 is 14.8 Å². The molecule has 162 valence electrons. The molecule has 0 aromatic carbocycles. The first-order valence-corrected chi connectivity index (χ1v) is 10.9. The average Bonchev–Trinajstić information content (AvgIpc) is 2.63. The highest BCUT2D eigenvalue weighted by Gasteiger charge is 2.44. The summed E-state index contributed by atoms with van der Waals surface area (Å²) in [7, 11) is 0.771. The maximum atomic E-state index is 12.6. The summed E-state index contributed by atoms with van der Waals surface area (Å²) in [5, 5.41) is 0. The Kier molecular flexibility index (Phi) is 13.5. The molecule has 3 unspecified atom stereocenters. The number of halogens is 3. The van der Waals surface area contributed by atoms with Gasteiger partial charge in [-0.1, -0.05) is 59.3 Å². The Morgan fingerprint density at radius 2 is 1.41 bits per heavy atom. The third kappa shape index (κ3) is 10.1. The third-order valence-corrected chi connectivity index (χ3v) is 6.06. The second-order valence-electron chi connectivity index (χ2n) is 7.00. The summed E-state index contributed by atoms with van der Waals surface area (Å²) in [5.41, 5.74) is -0.320. The van der Waals surface area contributed by atoms with Crippen molar-refractivity contribution in [3.05, 3.63) is 0 Å². The van der Waals surface area contributed by atoms with Gasteiger partial charge in [-0.2, -0.15) is 13.2 Å². The minimum atomic E-state index is -5.00. The number of rotatable bonds is 15. The van der Waals surface area contributed by atoms with Gasteiger partial charge in [-0.15, -0.1) is 0 Å². The van der Waals surface area contributed by atoms with Gasteiger partial charge in [0.05, 0.1) is 0 Å². The van der Waals surface area contributed by atoms with E-state index in [0.29, 0.717) is 0 Å². The number of unbranched alkanes of at least 4 members (excludes halogenated alkanes) is 3. The van der Waals surface area contributed by atoms with E-state index in [-0.39, 0.29) is 5.41 Å². The van der Waals surface area contributed by atoms with Crippen LogP contribution >= 0.6 is 8.81 Å². The molecule has 0 radical (unpaired) electrons. The van der Waals surface area contributed by atoms with Crippen molar-refractivity contribution in [2.75, 3.05) is 7.11 Å². The van der Waals surface area contributed by atoms with Crippen molar-refractivity contribution in [3.8, 4) is 0 Å². The average molecular weight is 416 g/mol. The number of carbonyl (C=O) groups is 1. The van der Waals surface area contributed by atoms with Gasteiger partial charge in [-0.25, -0.2) is 4.79 Å². The normalized spacial score (nSPS) is 15.3. The van der Waals surface area contributed by atoms with Crippen molar-refractivity contribution < 1.29 is 32.0 Å². The fourth-order valence-electron chi connectivity index (χ4n) is 3.06. The maximum Gasteiger partial charge on any atom is 0.491 e. The molecule has 0 aliphatic heterocycles. The molecule has 0 saturated carbocycles. The SMILES string of the molecule is CCCCC(CCCC)(CCCC)C(OC(C)OC)POC(=O)C(F)(F)F. The predicted octanol–water partition coefficient (Wildman–Crippen LogP) is 6.58. The van der Waals surface area contributed by atoms with E-state index in [4.69, 9.17) is 9.47 Å². The number of carbonyl (C=O) groups excluding carboxylic acids is 1. The molecular weight excluding hydrogens is 380 g/mol. The Morgan fingerprint density at radius 3 is 1.74 bits per heavy atom. The van der Waals surface area contributed by atoms with Crippen LogP contribution in [0.1, 0.15) is 85.5 Å². The molecule has 0 aromatic rings. The van der Waals surface area contributed by atoms with Gasteiger partial charge in [0.15, 0.2) is 6.29 Å². The van der Waals surface area contributed by atoms with Gasteiger partial charge in [-0.3, -0.25) is 0 Å². The zero-order valence-electron chi connectivity index (χ0n) is 17.3. The third-order valence-electron chi connectivity index (χ3n) is 4.79. The molecule has 0 aliphatic rings. The molecule has 0 saturated heterocycles. The topological polar surface area (TPSA) is 44.8 Å². The fourth-order valence-corrected chi connectivity index (χ4v) is 4.32. The van der Waals surface area contributed by atoms with E-state index in [2.05, 4.69) is 25.3 Å². The van der Waals surface area contributed by atoms with Crippen LogP contribution in [0, 0.1) is 5.41 Å². The van der Waals surface area contributed by atoms with Gasteiger partial charge < -0.3 is 14.0 Å². The molecule has 0 aliphatic carbocycles. The molecule has 0 bridgehead atoms. The molecule has 3 atom stereocenters. The summed E-state index contributed by atoms with van der Waals surface area (Å²) in [6, 6.07) is 0. The highest BCUT2D eigenvalue weighted by molar-refractivity contribution is 7.33. The summed E-state index contributed by atoms with van der Waals surface area (Å²) in [6.45, 7) is 7.96. The summed E-state index contributed by atoms with van der Waals surface area (Å²) < 4.78 is 53.6. The summed E-state index contributed by atoms with van der Waals surface area (Å²) in [6.07, 6.45) is 2.72. The van der Waals surface area contributed by atoms with Crippen LogP contribution in [-0.4, -0.2) is 31.4 Å². The van der Waals surface area contributed by atoms with E-state index in [1.807, 2.05) is 0 Å². The molecule has 0 fully saturated rings. The Bertz CT molecular complexity index is 383. The molecule has 27 heavy (non-hydrogen) atoms. The maximum absolute atomic E-state index is 12.6. The standard InChI is InChI=1S/C19H36F3O4P/c1-6-9-12-18(13-10-7-2,14-11-8-3)17(25-15(4)24-5)27-26-16(23)19(20,21)22/h15,17,27H,6-14H2,1-5H3. The summed E-state index contributed by atoms with van der Waals surface area (Å²) in [4.78, 5) is 11.3. The Labute approximate surface area is 163 Å². The molecule has 4 nitrogen and oxygen atoms in total. The lowest BCUT2D eigenvalue weighted by molar-refractivity contribution is -0.190. The molecule has 0 aromatic heterocycles. The predicted molar refractivity (Wildman–Crippen MR) is 103 cm³/mol. The molecule has 0 rings (SSSR count). The lowest BCUT2D eigenvalue weighted by Gasteiger charge is -2.41. The van der Waals surface area contributed by atoms with Gasteiger partial charge in [0, 0.05) is 12.5 Å². The largest absolute Gasteiger partial charge is 0.491 e. The van der Waals surface area contributed by atoms with E-state index in [0.717, 1.165) is 57.8 Å². The van der Waals surface area contributed by atoms with Gasteiger partial charge in [0.2, 0.25) is 0 Å². The van der Waals surface area contributed by atoms with Crippen LogP contribution < -0.4 is 0 Å². The second-order valence-corrected chi connectivity index (χ2v) is 7.96. The van der Waals surface area contributed by atoms with Gasteiger partial charge in [-0.05, 0) is 26.2 Å². The van der Waals surface area contributed by atoms with Crippen LogP contribution in [0.3, 0.4) is 0 Å². The quantitative estimate of drug-likeness (QED) is 0.223.